The Hall–Kier alpha value is -1.40. The third kappa shape index (κ3) is 3.80. The Kier molecular flexibility index (Phi) is 5.14. The topological polar surface area (TPSA) is 92.4 Å². The van der Waals surface area contributed by atoms with E-state index in [-0.39, 0.29) is 12.5 Å². The maximum atomic E-state index is 11.9. The molecule has 6 heteroatoms. The van der Waals surface area contributed by atoms with Crippen molar-refractivity contribution in [1.29, 1.82) is 0 Å². The second kappa shape index (κ2) is 6.85. The van der Waals surface area contributed by atoms with E-state index in [2.05, 4.69) is 5.32 Å². The normalized spacial score (nSPS) is 17.6. The number of rotatable bonds is 5. The Morgan fingerprint density at radius 3 is 2.75 bits per heavy atom. The lowest BCUT2D eigenvalue weighted by Crippen LogP contribution is -2.39. The van der Waals surface area contributed by atoms with Crippen molar-refractivity contribution in [2.45, 2.75) is 44.1 Å². The number of nitrogens with two attached hydrogens (primary N) is 1. The molecule has 1 heterocycles. The van der Waals surface area contributed by atoms with Crippen molar-refractivity contribution >= 4 is 23.2 Å². The van der Waals surface area contributed by atoms with Crippen molar-refractivity contribution in [3.8, 4) is 0 Å². The molecule has 110 valence electrons. The molecule has 1 fully saturated rings. The molecule has 4 N–H and O–H groups in total. The van der Waals surface area contributed by atoms with E-state index in [0.717, 1.165) is 0 Å². The van der Waals surface area contributed by atoms with Crippen LogP contribution in [0.15, 0.2) is 11.4 Å². The van der Waals surface area contributed by atoms with Crippen LogP contribution in [0.3, 0.4) is 0 Å². The number of aliphatic hydroxyl groups is 1. The molecule has 20 heavy (non-hydrogen) atoms. The highest BCUT2D eigenvalue weighted by Crippen LogP contribution is 2.35. The number of primary amides is 1. The molecule has 0 bridgehead atoms. The number of amides is 2. The molecule has 0 spiro atoms. The second-order valence-corrected chi connectivity index (χ2v) is 6.14. The summed E-state index contributed by atoms with van der Waals surface area (Å²) in [5, 5.41) is 13.6. The minimum absolute atomic E-state index is 0.150. The highest BCUT2D eigenvalue weighted by molar-refractivity contribution is 7.10. The minimum atomic E-state index is -1.34. The first kappa shape index (κ1) is 15.0. The highest BCUT2D eigenvalue weighted by atomic mass is 32.1. The van der Waals surface area contributed by atoms with E-state index in [9.17, 15) is 14.7 Å². The summed E-state index contributed by atoms with van der Waals surface area (Å²) in [4.78, 5) is 23.8. The monoisotopic (exact) mass is 296 g/mol. The third-order valence-electron chi connectivity index (χ3n) is 3.67. The predicted octanol–water partition coefficient (Wildman–Crippen LogP) is 1.37. The molecular formula is C14H20N2O3S. The number of thiophene rings is 1. The first-order valence-electron chi connectivity index (χ1n) is 6.92. The van der Waals surface area contributed by atoms with Crippen molar-refractivity contribution in [3.63, 3.8) is 0 Å². The van der Waals surface area contributed by atoms with Gasteiger partial charge in [0.1, 0.15) is 6.10 Å². The maximum absolute atomic E-state index is 11.9. The van der Waals surface area contributed by atoms with Crippen molar-refractivity contribution in [3.05, 3.63) is 21.9 Å². The van der Waals surface area contributed by atoms with Crippen molar-refractivity contribution < 1.29 is 14.7 Å². The zero-order valence-corrected chi connectivity index (χ0v) is 12.1. The van der Waals surface area contributed by atoms with Crippen molar-refractivity contribution in [1.82, 2.24) is 5.32 Å². The van der Waals surface area contributed by atoms with Crippen LogP contribution in [-0.4, -0.2) is 29.6 Å². The summed E-state index contributed by atoms with van der Waals surface area (Å²) in [7, 11) is 0. The van der Waals surface area contributed by atoms with Gasteiger partial charge in [-0.3, -0.25) is 9.59 Å². The molecule has 1 aromatic rings. The molecular weight excluding hydrogens is 276 g/mol. The summed E-state index contributed by atoms with van der Waals surface area (Å²) in [6, 6.07) is 1.92. The van der Waals surface area contributed by atoms with Gasteiger partial charge in [-0.15, -0.1) is 11.3 Å². The first-order valence-corrected chi connectivity index (χ1v) is 7.80. The highest BCUT2D eigenvalue weighted by Gasteiger charge is 2.19. The van der Waals surface area contributed by atoms with Crippen LogP contribution in [-0.2, 0) is 4.79 Å². The van der Waals surface area contributed by atoms with Gasteiger partial charge in [-0.05, 0) is 24.8 Å². The van der Waals surface area contributed by atoms with E-state index in [1.807, 2.05) is 11.4 Å². The standard InChI is InChI=1S/C14H20N2O3S/c15-13(18)11(17)7-16-14(19)10-6-12(20-8-10)9-4-2-1-3-5-9/h6,8-9,11,17H,1-5,7H2,(H2,15,18)(H,16,19). The van der Waals surface area contributed by atoms with Crippen LogP contribution in [0.5, 0.6) is 0 Å². The molecule has 2 amide bonds. The number of aliphatic hydroxyl groups excluding tert-OH is 1. The molecule has 1 atom stereocenters. The summed E-state index contributed by atoms with van der Waals surface area (Å²) in [6.45, 7) is -0.150. The van der Waals surface area contributed by atoms with E-state index in [4.69, 9.17) is 5.73 Å². The number of nitrogens with one attached hydrogen (secondary N) is 1. The lowest BCUT2D eigenvalue weighted by atomic mass is 9.88. The van der Waals surface area contributed by atoms with Gasteiger partial charge in [-0.1, -0.05) is 19.3 Å². The Bertz CT molecular complexity index is 481. The van der Waals surface area contributed by atoms with E-state index in [1.165, 1.54) is 37.0 Å². The average molecular weight is 296 g/mol. The van der Waals surface area contributed by atoms with Gasteiger partial charge in [-0.2, -0.15) is 0 Å². The first-order chi connectivity index (χ1) is 9.58. The molecule has 1 unspecified atom stereocenters. The lowest BCUT2D eigenvalue weighted by Gasteiger charge is -2.19. The Morgan fingerprint density at radius 2 is 2.10 bits per heavy atom. The fraction of sp³-hybridized carbons (Fsp3) is 0.571. The van der Waals surface area contributed by atoms with Gasteiger partial charge in [0.15, 0.2) is 0 Å². The summed E-state index contributed by atoms with van der Waals surface area (Å²) >= 11 is 1.61. The van der Waals surface area contributed by atoms with Gasteiger partial charge in [-0.25, -0.2) is 0 Å². The molecule has 0 saturated heterocycles. The summed E-state index contributed by atoms with van der Waals surface area (Å²) in [6.07, 6.45) is 4.88. The van der Waals surface area contributed by atoms with E-state index in [0.29, 0.717) is 11.5 Å². The largest absolute Gasteiger partial charge is 0.381 e. The number of hydrogen-bond acceptors (Lipinski definition) is 4. The van der Waals surface area contributed by atoms with Crippen LogP contribution >= 0.6 is 11.3 Å². The van der Waals surface area contributed by atoms with Gasteiger partial charge in [0.05, 0.1) is 12.1 Å². The van der Waals surface area contributed by atoms with Crippen LogP contribution in [0, 0.1) is 0 Å². The summed E-state index contributed by atoms with van der Waals surface area (Å²) in [5.74, 6) is -0.534. The number of hydrogen-bond donors (Lipinski definition) is 3. The molecule has 1 aliphatic rings. The fourth-order valence-electron chi connectivity index (χ4n) is 2.47. The second-order valence-electron chi connectivity index (χ2n) is 5.20. The van der Waals surface area contributed by atoms with Crippen molar-refractivity contribution in [2.75, 3.05) is 6.54 Å². The molecule has 1 aromatic heterocycles. The lowest BCUT2D eigenvalue weighted by molar-refractivity contribution is -0.125. The third-order valence-corrected chi connectivity index (χ3v) is 4.77. The molecule has 0 aromatic carbocycles. The van der Waals surface area contributed by atoms with Gasteiger partial charge < -0.3 is 16.2 Å². The van der Waals surface area contributed by atoms with Gasteiger partial charge >= 0.3 is 0 Å². The van der Waals surface area contributed by atoms with Crippen LogP contribution < -0.4 is 11.1 Å². The Morgan fingerprint density at radius 1 is 1.40 bits per heavy atom. The number of carbonyl (C=O) groups excluding carboxylic acids is 2. The van der Waals surface area contributed by atoms with E-state index >= 15 is 0 Å². The SMILES string of the molecule is NC(=O)C(O)CNC(=O)c1csc(C2CCCCC2)c1. The maximum Gasteiger partial charge on any atom is 0.252 e. The van der Waals surface area contributed by atoms with Crippen LogP contribution in [0.4, 0.5) is 0 Å². The molecule has 1 saturated carbocycles. The molecule has 5 nitrogen and oxygen atoms in total. The van der Waals surface area contributed by atoms with Gasteiger partial charge in [0.2, 0.25) is 5.91 Å². The molecule has 1 aliphatic carbocycles. The zero-order chi connectivity index (χ0) is 14.5. The zero-order valence-electron chi connectivity index (χ0n) is 11.3. The minimum Gasteiger partial charge on any atom is -0.381 e. The van der Waals surface area contributed by atoms with E-state index < -0.39 is 12.0 Å². The molecule has 2 rings (SSSR count). The van der Waals surface area contributed by atoms with Crippen LogP contribution in [0.1, 0.15) is 53.3 Å². The van der Waals surface area contributed by atoms with Crippen LogP contribution in [0.25, 0.3) is 0 Å². The average Bonchev–Trinajstić information content (AvgIpc) is 2.95. The number of carbonyl (C=O) groups is 2. The summed E-state index contributed by atoms with van der Waals surface area (Å²) < 4.78 is 0. The predicted molar refractivity (Wildman–Crippen MR) is 77.7 cm³/mol. The van der Waals surface area contributed by atoms with Crippen molar-refractivity contribution in [2.24, 2.45) is 5.73 Å². The summed E-state index contributed by atoms with van der Waals surface area (Å²) in [5.41, 5.74) is 5.51. The Balaban J connectivity index is 1.90. The smallest absolute Gasteiger partial charge is 0.252 e. The van der Waals surface area contributed by atoms with Gasteiger partial charge in [0, 0.05) is 10.3 Å². The van der Waals surface area contributed by atoms with E-state index in [1.54, 1.807) is 11.3 Å². The molecule has 0 radical (unpaired) electrons. The fourth-order valence-corrected chi connectivity index (χ4v) is 3.53. The molecule has 0 aliphatic heterocycles. The Labute approximate surface area is 122 Å². The van der Waals surface area contributed by atoms with Crippen LogP contribution in [0.2, 0.25) is 0 Å². The van der Waals surface area contributed by atoms with Gasteiger partial charge in [0.25, 0.3) is 5.91 Å². The quantitative estimate of drug-likeness (QED) is 0.766.